The zero-order valence-electron chi connectivity index (χ0n) is 7.93. The SMILES string of the molecule is NCc1ccc(C(=O)NCS(=O)[O-])cc1. The molecule has 0 bridgehead atoms. The van der Waals surface area contributed by atoms with Gasteiger partial charge in [0, 0.05) is 12.1 Å². The molecule has 0 saturated carbocycles. The van der Waals surface area contributed by atoms with Crippen molar-refractivity contribution in [2.45, 2.75) is 6.54 Å². The summed E-state index contributed by atoms with van der Waals surface area (Å²) in [6, 6.07) is 6.66. The molecule has 1 atom stereocenters. The molecule has 5 nitrogen and oxygen atoms in total. The van der Waals surface area contributed by atoms with Gasteiger partial charge in [0.1, 0.15) is 0 Å². The van der Waals surface area contributed by atoms with Gasteiger partial charge in [-0.15, -0.1) is 0 Å². The Hall–Kier alpha value is -1.24. The number of amides is 1. The molecule has 0 aliphatic rings. The van der Waals surface area contributed by atoms with Crippen LogP contribution in [0.5, 0.6) is 0 Å². The lowest BCUT2D eigenvalue weighted by molar-refractivity contribution is 0.0959. The van der Waals surface area contributed by atoms with Gasteiger partial charge in [0.05, 0.1) is 5.88 Å². The van der Waals surface area contributed by atoms with Crippen LogP contribution in [0.25, 0.3) is 0 Å². The second-order valence-electron chi connectivity index (χ2n) is 2.86. The Morgan fingerprint density at radius 3 is 2.47 bits per heavy atom. The molecule has 3 N–H and O–H groups in total. The van der Waals surface area contributed by atoms with Gasteiger partial charge in [0.25, 0.3) is 5.91 Å². The van der Waals surface area contributed by atoms with Crippen molar-refractivity contribution in [1.29, 1.82) is 0 Å². The topological polar surface area (TPSA) is 95.2 Å². The number of hydrogen-bond donors (Lipinski definition) is 2. The minimum atomic E-state index is -2.27. The van der Waals surface area contributed by atoms with Crippen molar-refractivity contribution < 1.29 is 13.6 Å². The normalized spacial score (nSPS) is 12.1. The summed E-state index contributed by atoms with van der Waals surface area (Å²) >= 11 is -2.27. The first-order chi connectivity index (χ1) is 7.13. The summed E-state index contributed by atoms with van der Waals surface area (Å²) in [6.07, 6.45) is 0. The summed E-state index contributed by atoms with van der Waals surface area (Å²) < 4.78 is 20.4. The Morgan fingerprint density at radius 2 is 2.00 bits per heavy atom. The van der Waals surface area contributed by atoms with Gasteiger partial charge in [-0.3, -0.25) is 9.00 Å². The quantitative estimate of drug-likeness (QED) is 0.691. The maximum atomic E-state index is 11.3. The summed E-state index contributed by atoms with van der Waals surface area (Å²) in [6.45, 7) is 0.409. The molecule has 0 aliphatic carbocycles. The standard InChI is InChI=1S/C9H12N2O3S/c10-5-7-1-3-8(4-2-7)9(12)11-6-15(13)14/h1-4H,5-6,10H2,(H,11,12)(H,13,14)/p-1. The van der Waals surface area contributed by atoms with E-state index in [1.807, 2.05) is 0 Å². The van der Waals surface area contributed by atoms with Crippen molar-refractivity contribution in [3.8, 4) is 0 Å². The number of benzene rings is 1. The Bertz CT molecular complexity index is 364. The molecule has 0 aromatic heterocycles. The summed E-state index contributed by atoms with van der Waals surface area (Å²) in [5.41, 5.74) is 6.72. The molecule has 0 spiro atoms. The van der Waals surface area contributed by atoms with Gasteiger partial charge in [-0.25, -0.2) is 0 Å². The van der Waals surface area contributed by atoms with Gasteiger partial charge in [-0.1, -0.05) is 12.1 Å². The van der Waals surface area contributed by atoms with E-state index in [0.717, 1.165) is 5.56 Å². The van der Waals surface area contributed by atoms with Crippen molar-refractivity contribution in [2.75, 3.05) is 5.88 Å². The van der Waals surface area contributed by atoms with E-state index in [1.54, 1.807) is 24.3 Å². The van der Waals surface area contributed by atoms with Crippen LogP contribution in [-0.4, -0.2) is 20.5 Å². The predicted octanol–water partition coefficient (Wildman–Crippen LogP) is -0.288. The maximum Gasteiger partial charge on any atom is 0.251 e. The van der Waals surface area contributed by atoms with Crippen molar-refractivity contribution >= 4 is 17.0 Å². The number of carbonyl (C=O) groups excluding carboxylic acids is 1. The van der Waals surface area contributed by atoms with Crippen LogP contribution in [0.3, 0.4) is 0 Å². The molecule has 6 heteroatoms. The van der Waals surface area contributed by atoms with E-state index in [4.69, 9.17) is 5.73 Å². The van der Waals surface area contributed by atoms with Gasteiger partial charge >= 0.3 is 0 Å². The second kappa shape index (κ2) is 5.59. The lowest BCUT2D eigenvalue weighted by Crippen LogP contribution is -2.26. The lowest BCUT2D eigenvalue weighted by Gasteiger charge is -2.07. The molecule has 82 valence electrons. The smallest absolute Gasteiger partial charge is 0.251 e. The Morgan fingerprint density at radius 1 is 1.40 bits per heavy atom. The molecular formula is C9H11N2O3S-. The highest BCUT2D eigenvalue weighted by Gasteiger charge is 2.03. The number of nitrogens with one attached hydrogen (secondary N) is 1. The van der Waals surface area contributed by atoms with Gasteiger partial charge in [-0.05, 0) is 28.8 Å². The molecule has 1 rings (SSSR count). The molecule has 1 amide bonds. The van der Waals surface area contributed by atoms with E-state index in [2.05, 4.69) is 5.32 Å². The van der Waals surface area contributed by atoms with E-state index in [1.165, 1.54) is 0 Å². The van der Waals surface area contributed by atoms with Gasteiger partial charge < -0.3 is 15.6 Å². The van der Waals surface area contributed by atoms with Gasteiger partial charge in [0.15, 0.2) is 0 Å². The highest BCUT2D eigenvalue weighted by Crippen LogP contribution is 2.03. The zero-order valence-corrected chi connectivity index (χ0v) is 8.75. The van der Waals surface area contributed by atoms with Gasteiger partial charge in [0.2, 0.25) is 0 Å². The number of carbonyl (C=O) groups is 1. The summed E-state index contributed by atoms with van der Waals surface area (Å²) in [5, 5.41) is 2.25. The van der Waals surface area contributed by atoms with Crippen LogP contribution in [-0.2, 0) is 17.6 Å². The van der Waals surface area contributed by atoms with Crippen LogP contribution in [0.4, 0.5) is 0 Å². The van der Waals surface area contributed by atoms with E-state index >= 15 is 0 Å². The summed E-state index contributed by atoms with van der Waals surface area (Å²) in [5.74, 6) is -0.792. The largest absolute Gasteiger partial charge is 0.771 e. The summed E-state index contributed by atoms with van der Waals surface area (Å²) in [4.78, 5) is 11.3. The highest BCUT2D eigenvalue weighted by atomic mass is 32.2. The van der Waals surface area contributed by atoms with Crippen molar-refractivity contribution in [3.05, 3.63) is 35.4 Å². The van der Waals surface area contributed by atoms with E-state index < -0.39 is 17.0 Å². The molecule has 1 aromatic carbocycles. The molecule has 1 unspecified atom stereocenters. The molecular weight excluding hydrogens is 216 g/mol. The molecule has 0 heterocycles. The molecule has 15 heavy (non-hydrogen) atoms. The van der Waals surface area contributed by atoms with Crippen molar-refractivity contribution in [1.82, 2.24) is 5.32 Å². The molecule has 0 fully saturated rings. The van der Waals surface area contributed by atoms with E-state index in [-0.39, 0.29) is 5.88 Å². The Kier molecular flexibility index (Phi) is 4.41. The third-order valence-corrected chi connectivity index (χ3v) is 2.18. The van der Waals surface area contributed by atoms with Crippen LogP contribution in [0, 0.1) is 0 Å². The van der Waals surface area contributed by atoms with Crippen LogP contribution >= 0.6 is 0 Å². The first kappa shape index (κ1) is 11.8. The van der Waals surface area contributed by atoms with E-state index in [9.17, 15) is 13.6 Å². The lowest BCUT2D eigenvalue weighted by atomic mass is 10.1. The zero-order chi connectivity index (χ0) is 11.3. The van der Waals surface area contributed by atoms with E-state index in [0.29, 0.717) is 12.1 Å². The second-order valence-corrected chi connectivity index (χ2v) is 3.75. The van der Waals surface area contributed by atoms with Crippen LogP contribution < -0.4 is 11.1 Å². The fraction of sp³-hybridized carbons (Fsp3) is 0.222. The molecule has 0 radical (unpaired) electrons. The molecule has 1 aromatic rings. The fourth-order valence-corrected chi connectivity index (χ4v) is 1.27. The highest BCUT2D eigenvalue weighted by molar-refractivity contribution is 7.79. The molecule has 0 saturated heterocycles. The maximum absolute atomic E-state index is 11.3. The van der Waals surface area contributed by atoms with Gasteiger partial charge in [-0.2, -0.15) is 0 Å². The minimum Gasteiger partial charge on any atom is -0.771 e. The number of rotatable bonds is 4. The Balaban J connectivity index is 2.62. The van der Waals surface area contributed by atoms with Crippen LogP contribution in [0.2, 0.25) is 0 Å². The average molecular weight is 227 g/mol. The first-order valence-electron chi connectivity index (χ1n) is 4.26. The minimum absolute atomic E-state index is 0.378. The average Bonchev–Trinajstić information content (AvgIpc) is 2.26. The third-order valence-electron chi connectivity index (χ3n) is 1.80. The Labute approximate surface area is 90.0 Å². The predicted molar refractivity (Wildman–Crippen MR) is 55.6 cm³/mol. The van der Waals surface area contributed by atoms with Crippen LogP contribution in [0.15, 0.2) is 24.3 Å². The first-order valence-corrected chi connectivity index (χ1v) is 5.51. The third kappa shape index (κ3) is 3.78. The number of hydrogen-bond acceptors (Lipinski definition) is 4. The fourth-order valence-electron chi connectivity index (χ4n) is 1.02. The number of nitrogens with two attached hydrogens (primary N) is 1. The summed E-state index contributed by atoms with van der Waals surface area (Å²) in [7, 11) is 0. The monoisotopic (exact) mass is 227 g/mol. The molecule has 0 aliphatic heterocycles. The van der Waals surface area contributed by atoms with Crippen molar-refractivity contribution in [3.63, 3.8) is 0 Å². The van der Waals surface area contributed by atoms with Crippen molar-refractivity contribution in [2.24, 2.45) is 5.73 Å². The van der Waals surface area contributed by atoms with Crippen LogP contribution in [0.1, 0.15) is 15.9 Å².